The fourth-order valence-electron chi connectivity index (χ4n) is 4.23. The molecule has 0 aliphatic carbocycles. The number of carbonyl (C=O) groups excluding carboxylic acids is 1. The first-order valence-electron chi connectivity index (χ1n) is 11.7. The number of nitrogens with one attached hydrogen (secondary N) is 2. The normalized spacial score (nSPS) is 16.0. The van der Waals surface area contributed by atoms with Crippen LogP contribution in [0.4, 0.5) is 13.2 Å². The van der Waals surface area contributed by atoms with Gasteiger partial charge in [-0.25, -0.2) is 13.1 Å². The summed E-state index contributed by atoms with van der Waals surface area (Å²) in [5.41, 5.74) is 0.913. The Hall–Kier alpha value is -3.88. The minimum Gasteiger partial charge on any atom is -0.493 e. The average Bonchev–Trinajstić information content (AvgIpc) is 2.88. The van der Waals surface area contributed by atoms with Gasteiger partial charge < -0.3 is 10.1 Å². The van der Waals surface area contributed by atoms with Gasteiger partial charge in [0.1, 0.15) is 5.75 Å². The summed E-state index contributed by atoms with van der Waals surface area (Å²) < 4.78 is 73.7. The predicted octanol–water partition coefficient (Wildman–Crippen LogP) is 4.82. The summed E-state index contributed by atoms with van der Waals surface area (Å²) in [4.78, 5) is 12.5. The summed E-state index contributed by atoms with van der Waals surface area (Å²) in [7, 11) is -4.40. The Balaban J connectivity index is 1.54. The number of benzene rings is 3. The predicted molar refractivity (Wildman–Crippen MR) is 132 cm³/mol. The Labute approximate surface area is 218 Å². The van der Waals surface area contributed by atoms with Crippen LogP contribution in [0.5, 0.6) is 5.75 Å². The van der Waals surface area contributed by atoms with Crippen LogP contribution in [0.3, 0.4) is 0 Å². The maximum Gasteiger partial charge on any atom is 0.416 e. The van der Waals surface area contributed by atoms with E-state index < -0.39 is 38.6 Å². The van der Waals surface area contributed by atoms with Gasteiger partial charge in [-0.05, 0) is 35.4 Å². The van der Waals surface area contributed by atoms with Gasteiger partial charge >= 0.3 is 6.18 Å². The zero-order valence-electron chi connectivity index (χ0n) is 20.0. The Morgan fingerprint density at radius 3 is 2.55 bits per heavy atom. The van der Waals surface area contributed by atoms with Gasteiger partial charge in [0, 0.05) is 18.4 Å². The van der Waals surface area contributed by atoms with E-state index in [9.17, 15) is 26.4 Å². The van der Waals surface area contributed by atoms with Crippen LogP contribution < -0.4 is 14.8 Å². The zero-order chi connectivity index (χ0) is 27.3. The van der Waals surface area contributed by atoms with Crippen LogP contribution in [-0.2, 0) is 27.4 Å². The number of nitriles is 1. The molecule has 7 nitrogen and oxygen atoms in total. The molecule has 1 aliphatic rings. The van der Waals surface area contributed by atoms with Crippen LogP contribution in [0.2, 0.25) is 0 Å². The minimum atomic E-state index is -4.71. The molecule has 0 saturated carbocycles. The lowest BCUT2D eigenvalue weighted by Crippen LogP contribution is -2.36. The highest BCUT2D eigenvalue weighted by Crippen LogP contribution is 2.34. The van der Waals surface area contributed by atoms with Crippen molar-refractivity contribution in [1.82, 2.24) is 10.0 Å². The minimum absolute atomic E-state index is 0.221. The molecule has 4 rings (SSSR count). The van der Waals surface area contributed by atoms with E-state index in [1.165, 1.54) is 0 Å². The summed E-state index contributed by atoms with van der Waals surface area (Å²) in [5, 5.41) is 11.8. The summed E-state index contributed by atoms with van der Waals surface area (Å²) >= 11 is 0. The summed E-state index contributed by atoms with van der Waals surface area (Å²) in [6, 6.07) is 17.7. The lowest BCUT2D eigenvalue weighted by molar-refractivity contribution is -0.137. The molecular weight excluding hydrogens is 519 g/mol. The van der Waals surface area contributed by atoms with Crippen molar-refractivity contribution in [2.45, 2.75) is 42.4 Å². The average molecular weight is 544 g/mol. The monoisotopic (exact) mass is 543 g/mol. The fraction of sp³-hybridized carbons (Fsp3) is 0.259. The van der Waals surface area contributed by atoms with Crippen LogP contribution in [0, 0.1) is 11.3 Å². The third-order valence-electron chi connectivity index (χ3n) is 6.10. The molecule has 3 aromatic rings. The molecule has 2 N–H and O–H groups in total. The van der Waals surface area contributed by atoms with E-state index in [0.717, 1.165) is 29.3 Å². The number of ether oxygens (including phenoxy) is 1. The number of hydrogen-bond donors (Lipinski definition) is 2. The second kappa shape index (κ2) is 11.2. The molecule has 1 aliphatic heterocycles. The van der Waals surface area contributed by atoms with Crippen molar-refractivity contribution in [1.29, 1.82) is 5.26 Å². The van der Waals surface area contributed by atoms with Gasteiger partial charge in [0.15, 0.2) is 0 Å². The molecule has 2 atom stereocenters. The van der Waals surface area contributed by atoms with E-state index in [-0.39, 0.29) is 18.9 Å². The topological polar surface area (TPSA) is 108 Å². The lowest BCUT2D eigenvalue weighted by atomic mass is 9.97. The van der Waals surface area contributed by atoms with Gasteiger partial charge in [-0.15, -0.1) is 0 Å². The first kappa shape index (κ1) is 27.2. The van der Waals surface area contributed by atoms with Gasteiger partial charge in [0.05, 0.1) is 41.6 Å². The standard InChI is InChI=1S/C27H24F3N3O4S/c28-27(29,30)20-7-4-8-21(16-20)38(35,36)33-24(19-5-2-1-3-6-19)17-26(34)32-23-12-14-37-25-15-18(11-13-31)9-10-22(23)25/h1-10,15-16,23-24,33H,11-12,14,17H2,(H,32,34). The maximum absolute atomic E-state index is 13.2. The molecule has 0 spiro atoms. The van der Waals surface area contributed by atoms with Gasteiger partial charge in [-0.2, -0.15) is 18.4 Å². The molecule has 1 heterocycles. The van der Waals surface area contributed by atoms with Crippen LogP contribution in [0.1, 0.15) is 47.2 Å². The molecule has 0 bridgehead atoms. The Morgan fingerprint density at radius 1 is 1.08 bits per heavy atom. The van der Waals surface area contributed by atoms with Crippen molar-refractivity contribution in [2.75, 3.05) is 6.61 Å². The number of fused-ring (bicyclic) bond motifs is 1. The van der Waals surface area contributed by atoms with Gasteiger partial charge in [-0.1, -0.05) is 48.5 Å². The van der Waals surface area contributed by atoms with Crippen LogP contribution in [0.25, 0.3) is 0 Å². The third-order valence-corrected chi connectivity index (χ3v) is 7.57. The molecular formula is C27H24F3N3O4S. The molecule has 0 fully saturated rings. The number of hydrogen-bond acceptors (Lipinski definition) is 5. The van der Waals surface area contributed by atoms with Gasteiger partial charge in [0.2, 0.25) is 15.9 Å². The SMILES string of the molecule is N#CCc1ccc2c(c1)OCCC2NC(=O)CC(NS(=O)(=O)c1cccc(C(F)(F)F)c1)c1ccccc1. The largest absolute Gasteiger partial charge is 0.493 e. The molecule has 0 radical (unpaired) electrons. The Bertz CT molecular complexity index is 1450. The van der Waals surface area contributed by atoms with Crippen LogP contribution >= 0.6 is 0 Å². The molecule has 0 aromatic heterocycles. The second-order valence-corrected chi connectivity index (χ2v) is 10.5. The number of nitrogens with zero attached hydrogens (tertiary/aromatic N) is 1. The van der Waals surface area contributed by atoms with Crippen molar-refractivity contribution in [3.8, 4) is 11.8 Å². The molecule has 3 aromatic carbocycles. The van der Waals surface area contributed by atoms with Crippen molar-refractivity contribution in [3.63, 3.8) is 0 Å². The lowest BCUT2D eigenvalue weighted by Gasteiger charge is -2.28. The highest BCUT2D eigenvalue weighted by Gasteiger charge is 2.33. The quantitative estimate of drug-likeness (QED) is 0.424. The van der Waals surface area contributed by atoms with E-state index in [1.807, 2.05) is 0 Å². The van der Waals surface area contributed by atoms with E-state index in [2.05, 4.69) is 16.1 Å². The summed E-state index contributed by atoms with van der Waals surface area (Å²) in [6.45, 7) is 0.345. The molecule has 0 saturated heterocycles. The van der Waals surface area contributed by atoms with E-state index in [0.29, 0.717) is 30.4 Å². The number of alkyl halides is 3. The van der Waals surface area contributed by atoms with E-state index in [4.69, 9.17) is 10.00 Å². The smallest absolute Gasteiger partial charge is 0.416 e. The van der Waals surface area contributed by atoms with E-state index in [1.54, 1.807) is 48.5 Å². The van der Waals surface area contributed by atoms with E-state index >= 15 is 0 Å². The van der Waals surface area contributed by atoms with Crippen molar-refractivity contribution >= 4 is 15.9 Å². The summed E-state index contributed by atoms with van der Waals surface area (Å²) in [6.07, 6.45) is -4.29. The number of halogens is 3. The second-order valence-electron chi connectivity index (χ2n) is 8.78. The molecule has 1 amide bonds. The Kier molecular flexibility index (Phi) is 8.04. The van der Waals surface area contributed by atoms with Crippen LogP contribution in [0.15, 0.2) is 77.7 Å². The number of amides is 1. The fourth-order valence-corrected chi connectivity index (χ4v) is 5.50. The molecule has 11 heteroatoms. The Morgan fingerprint density at radius 2 is 1.84 bits per heavy atom. The zero-order valence-corrected chi connectivity index (χ0v) is 20.9. The van der Waals surface area contributed by atoms with Gasteiger partial charge in [0.25, 0.3) is 0 Å². The van der Waals surface area contributed by atoms with Crippen LogP contribution in [-0.4, -0.2) is 20.9 Å². The third kappa shape index (κ3) is 6.51. The first-order chi connectivity index (χ1) is 18.1. The molecule has 2 unspecified atom stereocenters. The summed E-state index contributed by atoms with van der Waals surface area (Å²) in [5.74, 6) is 0.115. The van der Waals surface area contributed by atoms with Crippen molar-refractivity contribution in [2.24, 2.45) is 0 Å². The first-order valence-corrected chi connectivity index (χ1v) is 13.2. The molecule has 198 valence electrons. The highest BCUT2D eigenvalue weighted by molar-refractivity contribution is 7.89. The van der Waals surface area contributed by atoms with Gasteiger partial charge in [-0.3, -0.25) is 4.79 Å². The number of carbonyl (C=O) groups is 1. The highest BCUT2D eigenvalue weighted by atomic mass is 32.2. The maximum atomic E-state index is 13.2. The molecule has 38 heavy (non-hydrogen) atoms. The number of sulfonamides is 1. The number of rotatable bonds is 8. The van der Waals surface area contributed by atoms with Crippen molar-refractivity contribution in [3.05, 3.63) is 95.1 Å². The van der Waals surface area contributed by atoms with Crippen molar-refractivity contribution < 1.29 is 31.1 Å².